The third-order valence-corrected chi connectivity index (χ3v) is 6.78. The molecule has 0 fully saturated rings. The van der Waals surface area contributed by atoms with E-state index in [1.54, 1.807) is 72.8 Å². The van der Waals surface area contributed by atoms with E-state index in [-0.39, 0.29) is 15.6 Å². The highest BCUT2D eigenvalue weighted by Crippen LogP contribution is 2.25. The number of rotatable bonds is 6. The molecule has 0 aliphatic carbocycles. The van der Waals surface area contributed by atoms with Gasteiger partial charge in [-0.1, -0.05) is 18.2 Å². The van der Waals surface area contributed by atoms with Gasteiger partial charge in [0, 0.05) is 24.8 Å². The molecule has 0 spiro atoms. The van der Waals surface area contributed by atoms with Crippen LogP contribution in [-0.2, 0) is 21.7 Å². The molecule has 31 heavy (non-hydrogen) atoms. The predicted octanol–water partition coefficient (Wildman–Crippen LogP) is 3.08. The third kappa shape index (κ3) is 4.16. The number of sulfone groups is 1. The second-order valence-corrected chi connectivity index (χ2v) is 9.01. The summed E-state index contributed by atoms with van der Waals surface area (Å²) >= 11 is 0. The van der Waals surface area contributed by atoms with E-state index in [2.05, 4.69) is 10.1 Å². The average molecular weight is 433 g/mol. The Labute approximate surface area is 179 Å². The van der Waals surface area contributed by atoms with Crippen LogP contribution in [0.1, 0.15) is 17.2 Å². The van der Waals surface area contributed by atoms with Crippen molar-refractivity contribution in [3.8, 4) is 0 Å². The van der Waals surface area contributed by atoms with Crippen LogP contribution in [0.15, 0.2) is 89.1 Å². The zero-order valence-corrected chi connectivity index (χ0v) is 17.5. The summed E-state index contributed by atoms with van der Waals surface area (Å²) in [6.45, 7) is 0. The van der Waals surface area contributed by atoms with Crippen LogP contribution in [0.5, 0.6) is 0 Å². The molecule has 0 saturated heterocycles. The van der Waals surface area contributed by atoms with Gasteiger partial charge in [0.15, 0.2) is 5.78 Å². The van der Waals surface area contributed by atoms with Crippen molar-refractivity contribution in [1.29, 1.82) is 0 Å². The van der Waals surface area contributed by atoms with E-state index in [0.29, 0.717) is 5.56 Å². The number of fused-ring (bicyclic) bond motifs is 1. The highest BCUT2D eigenvalue weighted by atomic mass is 32.2. The molecule has 8 heteroatoms. The van der Waals surface area contributed by atoms with Crippen molar-refractivity contribution < 1.29 is 13.2 Å². The van der Waals surface area contributed by atoms with Crippen LogP contribution >= 0.6 is 0 Å². The smallest absolute Gasteiger partial charge is 0.206 e. The number of hydrogen-bond donors (Lipinski definition) is 1. The first-order chi connectivity index (χ1) is 14.9. The Bertz CT molecular complexity index is 1380. The molecular weight excluding hydrogens is 412 g/mol. The molecule has 0 aliphatic heterocycles. The van der Waals surface area contributed by atoms with Gasteiger partial charge in [-0.25, -0.2) is 8.42 Å². The zero-order chi connectivity index (χ0) is 22.0. The first kappa shape index (κ1) is 20.6. The van der Waals surface area contributed by atoms with Gasteiger partial charge in [-0.15, -0.1) is 0 Å². The van der Waals surface area contributed by atoms with Crippen LogP contribution in [0.25, 0.3) is 17.0 Å². The van der Waals surface area contributed by atoms with E-state index in [1.165, 1.54) is 18.2 Å². The summed E-state index contributed by atoms with van der Waals surface area (Å²) in [6, 6.07) is 13.7. The number of hydrogen-bond acceptors (Lipinski definition) is 6. The standard InChI is InChI=1S/C23H20N4O3S/c1-27-21-13-20(10-7-18(21)15-26-27)31(29,30)19-8-5-17(6-9-19)23(24)22(28)11-4-16-3-2-12-25-14-16/h2-15,23H,24H2,1H3/b11-4+. The number of nitrogens with zero attached hydrogens (tertiary/aromatic N) is 3. The number of ketones is 1. The minimum absolute atomic E-state index is 0.128. The topological polar surface area (TPSA) is 108 Å². The number of carbonyl (C=O) groups excluding carboxylic acids is 1. The molecular formula is C23H20N4O3S. The molecule has 0 aliphatic rings. The SMILES string of the molecule is Cn1ncc2ccc(S(=O)(=O)c3ccc(C(N)C(=O)/C=C/c4cccnc4)cc3)cc21. The van der Waals surface area contributed by atoms with Crippen molar-refractivity contribution in [3.05, 3.63) is 90.4 Å². The van der Waals surface area contributed by atoms with Crippen molar-refractivity contribution in [2.45, 2.75) is 15.8 Å². The summed E-state index contributed by atoms with van der Waals surface area (Å²) in [5.74, 6) is -0.291. The Kier molecular flexibility index (Phi) is 5.50. The van der Waals surface area contributed by atoms with Crippen LogP contribution in [0.3, 0.4) is 0 Å². The van der Waals surface area contributed by atoms with Gasteiger partial charge in [-0.05, 0) is 59.7 Å². The molecule has 2 aromatic heterocycles. The lowest BCUT2D eigenvalue weighted by molar-refractivity contribution is -0.115. The fourth-order valence-electron chi connectivity index (χ4n) is 3.20. The van der Waals surface area contributed by atoms with E-state index in [1.807, 2.05) is 6.07 Å². The lowest BCUT2D eigenvalue weighted by atomic mass is 10.0. The molecule has 0 amide bonds. The van der Waals surface area contributed by atoms with Crippen LogP contribution in [0.4, 0.5) is 0 Å². The summed E-state index contributed by atoms with van der Waals surface area (Å²) < 4.78 is 27.7. The van der Waals surface area contributed by atoms with E-state index < -0.39 is 15.9 Å². The molecule has 0 bridgehead atoms. The first-order valence-corrected chi connectivity index (χ1v) is 11.0. The number of carbonyl (C=O) groups is 1. The van der Waals surface area contributed by atoms with Crippen molar-refractivity contribution in [2.24, 2.45) is 12.8 Å². The second-order valence-electron chi connectivity index (χ2n) is 7.06. The fraction of sp³-hybridized carbons (Fsp3) is 0.0870. The molecule has 2 N–H and O–H groups in total. The van der Waals surface area contributed by atoms with Crippen molar-refractivity contribution >= 4 is 32.6 Å². The maximum atomic E-state index is 13.0. The summed E-state index contributed by atoms with van der Waals surface area (Å²) in [6.07, 6.45) is 8.01. The largest absolute Gasteiger partial charge is 0.318 e. The molecule has 2 heterocycles. The molecule has 156 valence electrons. The highest BCUT2D eigenvalue weighted by molar-refractivity contribution is 7.91. The Balaban J connectivity index is 1.55. The van der Waals surface area contributed by atoms with E-state index in [4.69, 9.17) is 5.73 Å². The maximum Gasteiger partial charge on any atom is 0.206 e. The lowest BCUT2D eigenvalue weighted by Gasteiger charge is -2.10. The van der Waals surface area contributed by atoms with Gasteiger partial charge in [0.2, 0.25) is 9.84 Å². The quantitative estimate of drug-likeness (QED) is 0.469. The van der Waals surface area contributed by atoms with Gasteiger partial charge < -0.3 is 5.73 Å². The number of benzene rings is 2. The predicted molar refractivity (Wildman–Crippen MR) is 118 cm³/mol. The summed E-state index contributed by atoms with van der Waals surface area (Å²) in [5, 5.41) is 5.00. The Morgan fingerprint density at radius 1 is 1.06 bits per heavy atom. The maximum absolute atomic E-state index is 13.0. The highest BCUT2D eigenvalue weighted by Gasteiger charge is 2.20. The molecule has 0 radical (unpaired) electrons. The molecule has 1 atom stereocenters. The normalized spacial score (nSPS) is 13.0. The van der Waals surface area contributed by atoms with Crippen LogP contribution < -0.4 is 5.73 Å². The molecule has 0 saturated carbocycles. The van der Waals surface area contributed by atoms with Gasteiger partial charge >= 0.3 is 0 Å². The lowest BCUT2D eigenvalue weighted by Crippen LogP contribution is -2.19. The number of nitrogens with two attached hydrogens (primary N) is 1. The minimum Gasteiger partial charge on any atom is -0.318 e. The summed E-state index contributed by atoms with van der Waals surface area (Å²) in [4.78, 5) is 16.7. The molecule has 4 rings (SSSR count). The van der Waals surface area contributed by atoms with Gasteiger partial charge in [-0.3, -0.25) is 14.5 Å². The van der Waals surface area contributed by atoms with Crippen LogP contribution in [0, 0.1) is 0 Å². The van der Waals surface area contributed by atoms with Gasteiger partial charge in [0.05, 0.1) is 27.5 Å². The average Bonchev–Trinajstić information content (AvgIpc) is 3.18. The molecule has 7 nitrogen and oxygen atoms in total. The summed E-state index contributed by atoms with van der Waals surface area (Å²) in [5.41, 5.74) is 8.11. The van der Waals surface area contributed by atoms with E-state index >= 15 is 0 Å². The van der Waals surface area contributed by atoms with Gasteiger partial charge in [0.25, 0.3) is 0 Å². The first-order valence-electron chi connectivity index (χ1n) is 9.50. The number of aryl methyl sites for hydroxylation is 1. The number of aromatic nitrogens is 3. The van der Waals surface area contributed by atoms with E-state index in [0.717, 1.165) is 16.5 Å². The van der Waals surface area contributed by atoms with Crippen LogP contribution in [0.2, 0.25) is 0 Å². The monoisotopic (exact) mass is 432 g/mol. The zero-order valence-electron chi connectivity index (χ0n) is 16.7. The molecule has 1 unspecified atom stereocenters. The van der Waals surface area contributed by atoms with Crippen molar-refractivity contribution in [3.63, 3.8) is 0 Å². The van der Waals surface area contributed by atoms with Crippen molar-refractivity contribution in [2.75, 3.05) is 0 Å². The second kappa shape index (κ2) is 8.25. The Hall–Kier alpha value is -3.62. The number of pyridine rings is 1. The summed E-state index contributed by atoms with van der Waals surface area (Å²) in [7, 11) is -1.96. The Morgan fingerprint density at radius 3 is 2.52 bits per heavy atom. The minimum atomic E-state index is -3.72. The molecule has 4 aromatic rings. The molecule has 2 aromatic carbocycles. The Morgan fingerprint density at radius 2 is 1.81 bits per heavy atom. The van der Waals surface area contributed by atoms with Crippen LogP contribution in [-0.4, -0.2) is 29.0 Å². The third-order valence-electron chi connectivity index (χ3n) is 5.01. The van der Waals surface area contributed by atoms with Gasteiger partial charge in [-0.2, -0.15) is 5.10 Å². The van der Waals surface area contributed by atoms with Crippen molar-refractivity contribution in [1.82, 2.24) is 14.8 Å². The van der Waals surface area contributed by atoms with E-state index in [9.17, 15) is 13.2 Å². The fourth-order valence-corrected chi connectivity index (χ4v) is 4.48. The van der Waals surface area contributed by atoms with Gasteiger partial charge in [0.1, 0.15) is 0 Å².